The van der Waals surface area contributed by atoms with E-state index in [0.29, 0.717) is 17.9 Å². The number of nitrogens with one attached hydrogen (secondary N) is 3. The van der Waals surface area contributed by atoms with Crippen molar-refractivity contribution >= 4 is 21.8 Å². The molecule has 0 radical (unpaired) electrons. The number of ether oxygens (including phenoxy) is 2. The van der Waals surface area contributed by atoms with Crippen LogP contribution in [-0.2, 0) is 0 Å². The number of aromatic amines is 2. The minimum Gasteiger partial charge on any atom is -0.492 e. The van der Waals surface area contributed by atoms with Gasteiger partial charge in [0.2, 0.25) is 0 Å². The monoisotopic (exact) mass is 617 g/mol. The topological polar surface area (TPSA) is 104 Å². The normalized spacial score (nSPS) is 16.0. The summed E-state index contributed by atoms with van der Waals surface area (Å²) >= 11 is 0. The summed E-state index contributed by atoms with van der Waals surface area (Å²) in [5.74, 6) is 0.963. The van der Waals surface area contributed by atoms with Crippen LogP contribution in [0.2, 0.25) is 0 Å². The number of aromatic nitrogens is 5. The van der Waals surface area contributed by atoms with E-state index < -0.39 is 0 Å². The lowest BCUT2D eigenvalue weighted by Crippen LogP contribution is -2.34. The maximum Gasteiger partial charge on any atom is 0.138 e. The average Bonchev–Trinajstić information content (AvgIpc) is 3.85. The third kappa shape index (κ3) is 5.93. The Kier molecular flexibility index (Phi) is 7.81. The SMILES string of the molecule is Fc1cc(OCCN2CCCC2)cc(-c2cncc3[nH]c(-c4n[nH]c5ccc(-c6cncc(OC7CCNCC7)c6)cc45)cc23)c1. The van der Waals surface area contributed by atoms with Gasteiger partial charge in [0, 0.05) is 46.9 Å². The summed E-state index contributed by atoms with van der Waals surface area (Å²) < 4.78 is 27.1. The fraction of sp³-hybridized carbons (Fsp3) is 0.306. The number of rotatable bonds is 9. The molecule has 10 heteroatoms. The number of H-pyrrole nitrogens is 2. The van der Waals surface area contributed by atoms with Gasteiger partial charge in [-0.25, -0.2) is 4.39 Å². The molecule has 0 unspecified atom stereocenters. The summed E-state index contributed by atoms with van der Waals surface area (Å²) in [5.41, 5.74) is 6.93. The van der Waals surface area contributed by atoms with Crippen LogP contribution in [0, 0.1) is 5.82 Å². The average molecular weight is 618 g/mol. The van der Waals surface area contributed by atoms with Gasteiger partial charge in [-0.15, -0.1) is 0 Å². The molecule has 4 aromatic heterocycles. The lowest BCUT2D eigenvalue weighted by atomic mass is 10.0. The fourth-order valence-electron chi connectivity index (χ4n) is 6.65. The highest BCUT2D eigenvalue weighted by atomic mass is 19.1. The predicted octanol–water partition coefficient (Wildman–Crippen LogP) is 6.58. The minimum absolute atomic E-state index is 0.203. The molecule has 6 heterocycles. The molecule has 3 N–H and O–H groups in total. The Bertz CT molecular complexity index is 1990. The summed E-state index contributed by atoms with van der Waals surface area (Å²) in [5, 5.41) is 13.1. The number of hydrogen-bond acceptors (Lipinski definition) is 7. The summed E-state index contributed by atoms with van der Waals surface area (Å²) in [6, 6.07) is 15.2. The van der Waals surface area contributed by atoms with Gasteiger partial charge in [-0.1, -0.05) is 6.07 Å². The molecule has 2 fully saturated rings. The number of piperidine rings is 1. The Morgan fingerprint density at radius 2 is 1.65 bits per heavy atom. The maximum atomic E-state index is 14.8. The number of halogens is 1. The highest BCUT2D eigenvalue weighted by Gasteiger charge is 2.18. The molecular formula is C36H36FN7O2. The molecular weight excluding hydrogens is 581 g/mol. The summed E-state index contributed by atoms with van der Waals surface area (Å²) in [7, 11) is 0. The van der Waals surface area contributed by atoms with Crippen molar-refractivity contribution in [2.24, 2.45) is 0 Å². The van der Waals surface area contributed by atoms with E-state index in [1.54, 1.807) is 18.6 Å². The largest absolute Gasteiger partial charge is 0.492 e. The number of benzene rings is 2. The quantitative estimate of drug-likeness (QED) is 0.168. The van der Waals surface area contributed by atoms with E-state index in [1.165, 1.54) is 25.0 Å². The van der Waals surface area contributed by atoms with Gasteiger partial charge in [-0.05, 0) is 99.4 Å². The fourth-order valence-corrected chi connectivity index (χ4v) is 6.65. The molecule has 0 atom stereocenters. The third-order valence-electron chi connectivity index (χ3n) is 9.06. The molecule has 6 aromatic rings. The number of nitrogens with zero attached hydrogens (tertiary/aromatic N) is 4. The van der Waals surface area contributed by atoms with Gasteiger partial charge in [0.15, 0.2) is 0 Å². The van der Waals surface area contributed by atoms with Gasteiger partial charge in [0.25, 0.3) is 0 Å². The molecule has 8 rings (SSSR count). The molecule has 2 saturated heterocycles. The highest BCUT2D eigenvalue weighted by molar-refractivity contribution is 6.01. The van der Waals surface area contributed by atoms with Gasteiger partial charge in [0.1, 0.15) is 35.7 Å². The summed E-state index contributed by atoms with van der Waals surface area (Å²) in [6.07, 6.45) is 11.8. The molecule has 2 aliphatic heterocycles. The van der Waals surface area contributed by atoms with E-state index in [0.717, 1.165) is 101 Å². The standard InChI is InChI=1S/C36H36FN7O2/c37-26-13-24(14-28(17-26)45-12-11-44-9-1-2-10-44)32-21-40-22-35-30(32)18-34(41-35)36-31-16-23(3-4-33(31)42-43-36)25-15-29(20-39-19-25)46-27-5-7-38-8-6-27/h3-4,13-22,27,38,41H,1-2,5-12H2,(H,42,43). The molecule has 0 amide bonds. The van der Waals surface area contributed by atoms with Gasteiger partial charge in [-0.3, -0.25) is 20.0 Å². The molecule has 0 saturated carbocycles. The van der Waals surface area contributed by atoms with Crippen LogP contribution in [-0.4, -0.2) is 75.5 Å². The first kappa shape index (κ1) is 28.7. The van der Waals surface area contributed by atoms with E-state index in [1.807, 2.05) is 18.3 Å². The maximum absolute atomic E-state index is 14.8. The van der Waals surface area contributed by atoms with Crippen molar-refractivity contribution in [3.8, 4) is 45.1 Å². The third-order valence-corrected chi connectivity index (χ3v) is 9.06. The first-order chi connectivity index (χ1) is 22.7. The molecule has 0 bridgehead atoms. The second kappa shape index (κ2) is 12.5. The number of hydrogen-bond donors (Lipinski definition) is 3. The van der Waals surface area contributed by atoms with Crippen LogP contribution in [0.3, 0.4) is 0 Å². The second-order valence-electron chi connectivity index (χ2n) is 12.2. The summed E-state index contributed by atoms with van der Waals surface area (Å²) in [6.45, 7) is 5.52. The zero-order chi connectivity index (χ0) is 30.9. The molecule has 9 nitrogen and oxygen atoms in total. The van der Waals surface area contributed by atoms with Crippen LogP contribution < -0.4 is 14.8 Å². The Morgan fingerprint density at radius 1 is 0.804 bits per heavy atom. The molecule has 46 heavy (non-hydrogen) atoms. The predicted molar refractivity (Wildman–Crippen MR) is 177 cm³/mol. The van der Waals surface area contributed by atoms with Gasteiger partial charge < -0.3 is 19.8 Å². The van der Waals surface area contributed by atoms with Crippen LogP contribution in [0.5, 0.6) is 11.5 Å². The van der Waals surface area contributed by atoms with Crippen molar-refractivity contribution in [1.82, 2.24) is 35.4 Å². The van der Waals surface area contributed by atoms with E-state index in [4.69, 9.17) is 9.47 Å². The van der Waals surface area contributed by atoms with E-state index in [9.17, 15) is 4.39 Å². The van der Waals surface area contributed by atoms with Gasteiger partial charge in [0.05, 0.1) is 29.1 Å². The zero-order valence-electron chi connectivity index (χ0n) is 25.6. The van der Waals surface area contributed by atoms with Crippen molar-refractivity contribution in [3.63, 3.8) is 0 Å². The number of likely N-dealkylation sites (tertiary alicyclic amines) is 1. The molecule has 0 spiro atoms. The lowest BCUT2D eigenvalue weighted by molar-refractivity contribution is 0.162. The first-order valence-electron chi connectivity index (χ1n) is 16.1. The summed E-state index contributed by atoms with van der Waals surface area (Å²) in [4.78, 5) is 14.8. The second-order valence-corrected chi connectivity index (χ2v) is 12.2. The Balaban J connectivity index is 1.08. The van der Waals surface area contributed by atoms with Crippen molar-refractivity contribution in [2.45, 2.75) is 31.8 Å². The van der Waals surface area contributed by atoms with E-state index >= 15 is 0 Å². The molecule has 0 aliphatic carbocycles. The van der Waals surface area contributed by atoms with Crippen LogP contribution in [0.4, 0.5) is 4.39 Å². The van der Waals surface area contributed by atoms with Gasteiger partial charge >= 0.3 is 0 Å². The van der Waals surface area contributed by atoms with Gasteiger partial charge in [-0.2, -0.15) is 5.10 Å². The van der Waals surface area contributed by atoms with E-state index in [2.05, 4.69) is 59.6 Å². The Morgan fingerprint density at radius 3 is 2.54 bits per heavy atom. The molecule has 2 aromatic carbocycles. The number of pyridine rings is 2. The Labute approximate surface area is 266 Å². The highest BCUT2D eigenvalue weighted by Crippen LogP contribution is 2.36. The lowest BCUT2D eigenvalue weighted by Gasteiger charge is -2.23. The van der Waals surface area contributed by atoms with Crippen LogP contribution in [0.25, 0.3) is 55.4 Å². The van der Waals surface area contributed by atoms with Crippen LogP contribution in [0.1, 0.15) is 25.7 Å². The first-order valence-corrected chi connectivity index (χ1v) is 16.1. The zero-order valence-corrected chi connectivity index (χ0v) is 25.6. The van der Waals surface area contributed by atoms with Crippen LogP contribution >= 0.6 is 0 Å². The smallest absolute Gasteiger partial charge is 0.138 e. The number of fused-ring (bicyclic) bond motifs is 2. The van der Waals surface area contributed by atoms with Crippen molar-refractivity contribution in [1.29, 1.82) is 0 Å². The van der Waals surface area contributed by atoms with Crippen molar-refractivity contribution < 1.29 is 13.9 Å². The molecule has 234 valence electrons. The molecule has 2 aliphatic rings. The van der Waals surface area contributed by atoms with Crippen molar-refractivity contribution in [3.05, 3.63) is 79.1 Å². The van der Waals surface area contributed by atoms with Crippen molar-refractivity contribution in [2.75, 3.05) is 39.3 Å². The van der Waals surface area contributed by atoms with Crippen LogP contribution in [0.15, 0.2) is 73.3 Å². The Hall–Kier alpha value is -4.80. The van der Waals surface area contributed by atoms with E-state index in [-0.39, 0.29) is 11.9 Å². The minimum atomic E-state index is -0.341.